The fraction of sp³-hybridized carbons (Fsp3) is 0.700. The van der Waals surface area contributed by atoms with Gasteiger partial charge in [0.1, 0.15) is 12.3 Å². The average Bonchev–Trinajstić information content (AvgIpc) is 2.95. The highest BCUT2D eigenvalue weighted by molar-refractivity contribution is 14.0. The summed E-state index contributed by atoms with van der Waals surface area (Å²) in [6.45, 7) is 11.0. The number of nitrogens with two attached hydrogens (primary N) is 1. The van der Waals surface area contributed by atoms with Crippen molar-refractivity contribution in [3.8, 4) is 0 Å². The predicted octanol–water partition coefficient (Wildman–Crippen LogP) is 2.95. The second-order valence-electron chi connectivity index (χ2n) is 7.47. The second-order valence-corrected chi connectivity index (χ2v) is 7.47. The minimum Gasteiger partial charge on any atom is -0.454 e. The van der Waals surface area contributed by atoms with Crippen LogP contribution in [0, 0.1) is 5.92 Å². The number of nitrogens with one attached hydrogen (secondary N) is 2. The number of aliphatic imine (C=N–C) groups is 1. The van der Waals surface area contributed by atoms with Crippen LogP contribution in [0.5, 0.6) is 0 Å². The van der Waals surface area contributed by atoms with Gasteiger partial charge in [-0.25, -0.2) is 4.99 Å². The molecule has 1 atom stereocenters. The molecule has 4 N–H and O–H groups in total. The topological polar surface area (TPSA) is 95.9 Å². The summed E-state index contributed by atoms with van der Waals surface area (Å²) < 4.78 is 5.40. The molecule has 2 rings (SSSR count). The lowest BCUT2D eigenvalue weighted by atomic mass is 10.0. The first kappa shape index (κ1) is 24.7. The van der Waals surface area contributed by atoms with Gasteiger partial charge in [0.15, 0.2) is 11.7 Å². The second kappa shape index (κ2) is 13.0. The zero-order valence-corrected chi connectivity index (χ0v) is 19.7. The Morgan fingerprint density at radius 1 is 1.21 bits per heavy atom. The Kier molecular flexibility index (Phi) is 11.5. The number of carbonyl (C=O) groups is 1. The van der Waals surface area contributed by atoms with Crippen LogP contribution in [-0.4, -0.2) is 49.0 Å². The molecule has 8 heteroatoms. The van der Waals surface area contributed by atoms with Crippen LogP contribution < -0.4 is 16.4 Å². The molecule has 28 heavy (non-hydrogen) atoms. The van der Waals surface area contributed by atoms with E-state index in [2.05, 4.69) is 34.4 Å². The van der Waals surface area contributed by atoms with Crippen molar-refractivity contribution in [3.05, 3.63) is 23.7 Å². The van der Waals surface area contributed by atoms with Gasteiger partial charge in [-0.3, -0.25) is 9.69 Å². The average molecular weight is 505 g/mol. The molecular formula is C20H36IN5O2. The Bertz CT molecular complexity index is 609. The van der Waals surface area contributed by atoms with E-state index in [4.69, 9.17) is 10.2 Å². The zero-order valence-electron chi connectivity index (χ0n) is 17.4. The van der Waals surface area contributed by atoms with Gasteiger partial charge in [0.2, 0.25) is 0 Å². The molecule has 0 aromatic carbocycles. The molecule has 1 saturated heterocycles. The predicted molar refractivity (Wildman–Crippen MR) is 124 cm³/mol. The summed E-state index contributed by atoms with van der Waals surface area (Å²) in [5.74, 6) is 1.55. The third-order valence-electron chi connectivity index (χ3n) is 5.00. The van der Waals surface area contributed by atoms with E-state index in [1.165, 1.54) is 38.8 Å². The number of halogens is 1. The molecule has 1 unspecified atom stereocenters. The Balaban J connectivity index is 0.00000392. The van der Waals surface area contributed by atoms with Crippen LogP contribution in [0.25, 0.3) is 0 Å². The zero-order chi connectivity index (χ0) is 19.6. The molecule has 1 aromatic heterocycles. The Hall–Kier alpha value is -1.29. The van der Waals surface area contributed by atoms with E-state index in [0.29, 0.717) is 24.3 Å². The van der Waals surface area contributed by atoms with Gasteiger partial charge in [-0.15, -0.1) is 24.0 Å². The largest absolute Gasteiger partial charge is 0.454 e. The number of furan rings is 1. The van der Waals surface area contributed by atoms with Gasteiger partial charge < -0.3 is 20.8 Å². The van der Waals surface area contributed by atoms with Crippen molar-refractivity contribution in [2.45, 2.75) is 59.0 Å². The molecule has 160 valence electrons. The number of nitrogens with zero attached hydrogens (tertiary/aromatic N) is 2. The molecule has 7 nitrogen and oxygen atoms in total. The Morgan fingerprint density at radius 2 is 1.89 bits per heavy atom. The highest BCUT2D eigenvalue weighted by Gasteiger charge is 2.22. The van der Waals surface area contributed by atoms with Crippen molar-refractivity contribution in [1.82, 2.24) is 15.5 Å². The van der Waals surface area contributed by atoms with Crippen LogP contribution in [0.2, 0.25) is 0 Å². The van der Waals surface area contributed by atoms with Gasteiger partial charge in [-0.05, 0) is 50.9 Å². The maximum absolute atomic E-state index is 11.1. The molecule has 0 saturated carbocycles. The first-order valence-electron chi connectivity index (χ1n) is 10.2. The SMILES string of the molecule is CCNC(=NCc1ccc(C(N)=O)o1)NCC(C(C)C)N1CCCCCC1.I. The number of hydrogen-bond acceptors (Lipinski definition) is 4. The van der Waals surface area contributed by atoms with Crippen LogP contribution >= 0.6 is 24.0 Å². The van der Waals surface area contributed by atoms with Crippen molar-refractivity contribution >= 4 is 35.8 Å². The summed E-state index contributed by atoms with van der Waals surface area (Å²) in [6.07, 6.45) is 5.26. The molecule has 0 aliphatic carbocycles. The first-order chi connectivity index (χ1) is 13.0. The summed E-state index contributed by atoms with van der Waals surface area (Å²) in [4.78, 5) is 18.3. The number of hydrogen-bond donors (Lipinski definition) is 3. The quantitative estimate of drug-likeness (QED) is 0.287. The summed E-state index contributed by atoms with van der Waals surface area (Å²) in [5, 5.41) is 6.76. The molecule has 1 amide bonds. The van der Waals surface area contributed by atoms with E-state index in [1.807, 2.05) is 6.92 Å². The van der Waals surface area contributed by atoms with E-state index in [-0.39, 0.29) is 29.7 Å². The molecular weight excluding hydrogens is 469 g/mol. The summed E-state index contributed by atoms with van der Waals surface area (Å²) in [7, 11) is 0. The Labute approximate surface area is 185 Å². The summed E-state index contributed by atoms with van der Waals surface area (Å²) >= 11 is 0. The molecule has 0 bridgehead atoms. The smallest absolute Gasteiger partial charge is 0.284 e. The normalized spacial score (nSPS) is 16.9. The fourth-order valence-corrected chi connectivity index (χ4v) is 3.51. The van der Waals surface area contributed by atoms with E-state index in [9.17, 15) is 4.79 Å². The third-order valence-corrected chi connectivity index (χ3v) is 5.00. The van der Waals surface area contributed by atoms with Crippen molar-refractivity contribution < 1.29 is 9.21 Å². The van der Waals surface area contributed by atoms with Crippen LogP contribution in [-0.2, 0) is 6.54 Å². The fourth-order valence-electron chi connectivity index (χ4n) is 3.51. The minimum atomic E-state index is -0.563. The van der Waals surface area contributed by atoms with Crippen LogP contribution in [0.1, 0.15) is 62.8 Å². The maximum Gasteiger partial charge on any atom is 0.284 e. The van der Waals surface area contributed by atoms with Crippen LogP contribution in [0.3, 0.4) is 0 Å². The van der Waals surface area contributed by atoms with Crippen molar-refractivity contribution in [2.75, 3.05) is 26.2 Å². The number of primary amides is 1. The van der Waals surface area contributed by atoms with Gasteiger partial charge in [-0.2, -0.15) is 0 Å². The highest BCUT2D eigenvalue weighted by Crippen LogP contribution is 2.17. The van der Waals surface area contributed by atoms with Crippen molar-refractivity contribution in [2.24, 2.45) is 16.6 Å². The van der Waals surface area contributed by atoms with E-state index in [1.54, 1.807) is 12.1 Å². The number of carbonyl (C=O) groups excluding carboxylic acids is 1. The monoisotopic (exact) mass is 505 g/mol. The van der Waals surface area contributed by atoms with E-state index >= 15 is 0 Å². The highest BCUT2D eigenvalue weighted by atomic mass is 127. The van der Waals surface area contributed by atoms with Crippen LogP contribution in [0.4, 0.5) is 0 Å². The molecule has 0 radical (unpaired) electrons. The minimum absolute atomic E-state index is 0. The third kappa shape index (κ3) is 7.98. The molecule has 1 aliphatic rings. The standard InChI is InChI=1S/C20H35N5O2.HI/c1-4-22-20(23-13-16-9-10-18(27-16)19(21)26)24-14-17(15(2)3)25-11-7-5-6-8-12-25;/h9-10,15,17H,4-8,11-14H2,1-3H3,(H2,21,26)(H2,22,23,24);1H. The van der Waals surface area contributed by atoms with Gasteiger partial charge in [-0.1, -0.05) is 26.7 Å². The number of amides is 1. The summed E-state index contributed by atoms with van der Waals surface area (Å²) in [6, 6.07) is 3.81. The maximum atomic E-state index is 11.1. The Morgan fingerprint density at radius 3 is 2.43 bits per heavy atom. The summed E-state index contributed by atoms with van der Waals surface area (Å²) in [5.41, 5.74) is 5.22. The molecule has 2 heterocycles. The lowest BCUT2D eigenvalue weighted by Crippen LogP contribution is -2.49. The van der Waals surface area contributed by atoms with Gasteiger partial charge in [0.25, 0.3) is 5.91 Å². The number of rotatable bonds is 8. The van der Waals surface area contributed by atoms with Crippen molar-refractivity contribution in [1.29, 1.82) is 0 Å². The van der Waals surface area contributed by atoms with Gasteiger partial charge >= 0.3 is 0 Å². The van der Waals surface area contributed by atoms with E-state index < -0.39 is 5.91 Å². The van der Waals surface area contributed by atoms with Crippen LogP contribution in [0.15, 0.2) is 21.5 Å². The molecule has 1 fully saturated rings. The molecule has 0 spiro atoms. The molecule has 1 aliphatic heterocycles. The van der Waals surface area contributed by atoms with Crippen molar-refractivity contribution in [3.63, 3.8) is 0 Å². The first-order valence-corrected chi connectivity index (χ1v) is 10.2. The number of guanidine groups is 1. The number of likely N-dealkylation sites (tertiary alicyclic amines) is 1. The lowest BCUT2D eigenvalue weighted by Gasteiger charge is -2.34. The van der Waals surface area contributed by atoms with Gasteiger partial charge in [0, 0.05) is 19.1 Å². The lowest BCUT2D eigenvalue weighted by molar-refractivity contribution is 0.0972. The molecule has 1 aromatic rings. The van der Waals surface area contributed by atoms with Gasteiger partial charge in [0.05, 0.1) is 0 Å². The van der Waals surface area contributed by atoms with E-state index in [0.717, 1.165) is 19.0 Å².